The van der Waals surface area contributed by atoms with Crippen LogP contribution in [0.4, 0.5) is 5.69 Å². The van der Waals surface area contributed by atoms with Gasteiger partial charge >= 0.3 is 5.97 Å². The molecule has 0 aliphatic carbocycles. The molecule has 6 nitrogen and oxygen atoms in total. The standard InChI is InChI=1S/C13H11N3O3/c17-11-5-6-12(16-15-11)19-13(18)10-7-8-3-1-2-4-9(8)14-10/h1-6,10,14H,7H2,(H,15,17). The van der Waals surface area contributed by atoms with E-state index in [0.717, 1.165) is 11.3 Å². The number of esters is 1. The van der Waals surface area contributed by atoms with Gasteiger partial charge in [0.15, 0.2) is 0 Å². The Kier molecular flexibility index (Phi) is 2.75. The van der Waals surface area contributed by atoms with Gasteiger partial charge in [0.2, 0.25) is 5.88 Å². The lowest BCUT2D eigenvalue weighted by Gasteiger charge is -2.09. The summed E-state index contributed by atoms with van der Waals surface area (Å²) in [5.41, 5.74) is 1.68. The van der Waals surface area contributed by atoms with Crippen LogP contribution in [0.3, 0.4) is 0 Å². The van der Waals surface area contributed by atoms with Gasteiger partial charge in [0.25, 0.3) is 5.56 Å². The Morgan fingerprint density at radius 2 is 2.11 bits per heavy atom. The predicted octanol–water partition coefficient (Wildman–Crippen LogP) is 0.712. The van der Waals surface area contributed by atoms with E-state index in [0.29, 0.717) is 6.42 Å². The van der Waals surface area contributed by atoms with Crippen LogP contribution in [0.1, 0.15) is 5.56 Å². The average molecular weight is 257 g/mol. The number of H-pyrrole nitrogens is 1. The van der Waals surface area contributed by atoms with Crippen LogP contribution in [0.5, 0.6) is 5.88 Å². The third-order valence-electron chi connectivity index (χ3n) is 2.91. The van der Waals surface area contributed by atoms with Gasteiger partial charge in [-0.25, -0.2) is 9.89 Å². The summed E-state index contributed by atoms with van der Waals surface area (Å²) in [5, 5.41) is 8.93. The van der Waals surface area contributed by atoms with Gasteiger partial charge in [0, 0.05) is 24.2 Å². The molecule has 0 bridgehead atoms. The lowest BCUT2D eigenvalue weighted by molar-refractivity contribution is -0.135. The number of aromatic amines is 1. The van der Waals surface area contributed by atoms with Crippen molar-refractivity contribution in [3.63, 3.8) is 0 Å². The summed E-state index contributed by atoms with van der Waals surface area (Å²) in [5.74, 6) is -0.335. The fraction of sp³-hybridized carbons (Fsp3) is 0.154. The lowest BCUT2D eigenvalue weighted by Crippen LogP contribution is -2.31. The summed E-state index contributed by atoms with van der Waals surface area (Å²) < 4.78 is 5.10. The van der Waals surface area contributed by atoms with E-state index in [1.165, 1.54) is 12.1 Å². The molecule has 0 saturated heterocycles. The van der Waals surface area contributed by atoms with Crippen molar-refractivity contribution in [2.24, 2.45) is 0 Å². The molecule has 1 aliphatic rings. The first-order valence-corrected chi connectivity index (χ1v) is 5.84. The zero-order chi connectivity index (χ0) is 13.2. The van der Waals surface area contributed by atoms with Crippen LogP contribution in [-0.2, 0) is 11.2 Å². The molecule has 2 heterocycles. The van der Waals surface area contributed by atoms with Gasteiger partial charge < -0.3 is 10.1 Å². The molecule has 0 fully saturated rings. The minimum absolute atomic E-state index is 0.0855. The lowest BCUT2D eigenvalue weighted by atomic mass is 10.1. The molecule has 2 N–H and O–H groups in total. The van der Waals surface area contributed by atoms with E-state index in [9.17, 15) is 9.59 Å². The van der Waals surface area contributed by atoms with Crippen LogP contribution < -0.4 is 15.6 Å². The molecule has 19 heavy (non-hydrogen) atoms. The van der Waals surface area contributed by atoms with Crippen molar-refractivity contribution in [3.8, 4) is 5.88 Å². The second kappa shape index (κ2) is 4.56. The quantitative estimate of drug-likeness (QED) is 0.774. The molecule has 1 unspecified atom stereocenters. The molecular weight excluding hydrogens is 246 g/mol. The summed E-state index contributed by atoms with van der Waals surface area (Å²) in [6.45, 7) is 0. The van der Waals surface area contributed by atoms with Crippen molar-refractivity contribution in [1.29, 1.82) is 0 Å². The topological polar surface area (TPSA) is 84.1 Å². The second-order valence-corrected chi connectivity index (χ2v) is 4.24. The van der Waals surface area contributed by atoms with Gasteiger partial charge in [0.05, 0.1) is 0 Å². The smallest absolute Gasteiger partial charge is 0.335 e. The summed E-state index contributed by atoms with van der Waals surface area (Å²) >= 11 is 0. The SMILES string of the molecule is O=C(Oc1ccc(=O)[nH]n1)C1Cc2ccccc2N1. The van der Waals surface area contributed by atoms with Crippen LogP contribution >= 0.6 is 0 Å². The predicted molar refractivity (Wildman–Crippen MR) is 68.0 cm³/mol. The molecule has 0 amide bonds. The van der Waals surface area contributed by atoms with Gasteiger partial charge in [-0.1, -0.05) is 18.2 Å². The van der Waals surface area contributed by atoms with E-state index in [4.69, 9.17) is 4.74 Å². The Labute approximate surface area is 108 Å². The van der Waals surface area contributed by atoms with Crippen molar-refractivity contribution in [2.45, 2.75) is 12.5 Å². The van der Waals surface area contributed by atoms with Gasteiger partial charge in [-0.3, -0.25) is 4.79 Å². The number of hydrogen-bond acceptors (Lipinski definition) is 5. The molecule has 1 aromatic carbocycles. The Bertz CT molecular complexity index is 635. The Morgan fingerprint density at radius 3 is 2.84 bits per heavy atom. The minimum Gasteiger partial charge on any atom is -0.404 e. The number of benzene rings is 1. The third kappa shape index (κ3) is 2.33. The van der Waals surface area contributed by atoms with E-state index < -0.39 is 12.0 Å². The van der Waals surface area contributed by atoms with Gasteiger partial charge in [0.1, 0.15) is 6.04 Å². The fourth-order valence-corrected chi connectivity index (χ4v) is 2.00. The van der Waals surface area contributed by atoms with Gasteiger partial charge in [-0.2, -0.15) is 0 Å². The number of hydrogen-bond donors (Lipinski definition) is 2. The van der Waals surface area contributed by atoms with Crippen molar-refractivity contribution in [2.75, 3.05) is 5.32 Å². The Morgan fingerprint density at radius 1 is 1.26 bits per heavy atom. The maximum atomic E-state index is 12.0. The molecule has 0 radical (unpaired) electrons. The molecule has 2 aromatic rings. The highest BCUT2D eigenvalue weighted by atomic mass is 16.5. The molecular formula is C13H11N3O3. The summed E-state index contributed by atoms with van der Waals surface area (Å²) in [6, 6.07) is 9.91. The van der Waals surface area contributed by atoms with Crippen molar-refractivity contribution in [3.05, 3.63) is 52.3 Å². The molecule has 1 aromatic heterocycles. The number of nitrogens with zero attached hydrogens (tertiary/aromatic N) is 1. The van der Waals surface area contributed by atoms with Crippen molar-refractivity contribution < 1.29 is 9.53 Å². The van der Waals surface area contributed by atoms with E-state index in [1.54, 1.807) is 0 Å². The number of aromatic nitrogens is 2. The van der Waals surface area contributed by atoms with E-state index in [1.807, 2.05) is 24.3 Å². The first-order valence-electron chi connectivity index (χ1n) is 5.84. The van der Waals surface area contributed by atoms with Crippen LogP contribution in [0.2, 0.25) is 0 Å². The summed E-state index contributed by atoms with van der Waals surface area (Å²) in [4.78, 5) is 22.8. The van der Waals surface area contributed by atoms with Gasteiger partial charge in [-0.05, 0) is 11.6 Å². The number of carbonyl (C=O) groups is 1. The molecule has 1 aliphatic heterocycles. The number of ether oxygens (including phenoxy) is 1. The van der Waals surface area contributed by atoms with E-state index in [2.05, 4.69) is 15.5 Å². The van der Waals surface area contributed by atoms with Crippen molar-refractivity contribution in [1.82, 2.24) is 10.2 Å². The average Bonchev–Trinajstić information content (AvgIpc) is 2.85. The zero-order valence-corrected chi connectivity index (χ0v) is 9.92. The normalized spacial score (nSPS) is 16.5. The number of nitrogens with one attached hydrogen (secondary N) is 2. The molecule has 1 atom stereocenters. The van der Waals surface area contributed by atoms with Crippen LogP contribution in [0, 0.1) is 0 Å². The monoisotopic (exact) mass is 257 g/mol. The summed E-state index contributed by atoms with van der Waals surface area (Å²) in [6.07, 6.45) is 0.582. The number of fused-ring (bicyclic) bond motifs is 1. The second-order valence-electron chi connectivity index (χ2n) is 4.24. The largest absolute Gasteiger partial charge is 0.404 e. The highest BCUT2D eigenvalue weighted by Gasteiger charge is 2.28. The Hall–Kier alpha value is -2.63. The number of para-hydroxylation sites is 1. The summed E-state index contributed by atoms with van der Waals surface area (Å²) in [7, 11) is 0. The van der Waals surface area contributed by atoms with Crippen molar-refractivity contribution >= 4 is 11.7 Å². The zero-order valence-electron chi connectivity index (χ0n) is 9.92. The van der Waals surface area contributed by atoms with Crippen LogP contribution in [-0.4, -0.2) is 22.2 Å². The van der Waals surface area contributed by atoms with Crippen LogP contribution in [0.15, 0.2) is 41.2 Å². The van der Waals surface area contributed by atoms with Gasteiger partial charge in [-0.15, -0.1) is 5.10 Å². The maximum absolute atomic E-state index is 12.0. The number of rotatable bonds is 2. The number of anilines is 1. The third-order valence-corrected chi connectivity index (χ3v) is 2.91. The molecule has 96 valence electrons. The fourth-order valence-electron chi connectivity index (χ4n) is 2.00. The minimum atomic E-state index is -0.425. The highest BCUT2D eigenvalue weighted by Crippen LogP contribution is 2.25. The molecule has 0 saturated carbocycles. The molecule has 3 rings (SSSR count). The molecule has 6 heteroatoms. The first kappa shape index (κ1) is 11.5. The molecule has 0 spiro atoms. The maximum Gasteiger partial charge on any atom is 0.335 e. The first-order chi connectivity index (χ1) is 9.22. The highest BCUT2D eigenvalue weighted by molar-refractivity contribution is 5.84. The van der Waals surface area contributed by atoms with E-state index in [-0.39, 0.29) is 11.4 Å². The number of carbonyl (C=O) groups excluding carboxylic acids is 1. The van der Waals surface area contributed by atoms with Crippen LogP contribution in [0.25, 0.3) is 0 Å². The Balaban J connectivity index is 1.70. The van der Waals surface area contributed by atoms with E-state index >= 15 is 0 Å².